The lowest BCUT2D eigenvalue weighted by Gasteiger charge is -2.28. The summed E-state index contributed by atoms with van der Waals surface area (Å²) in [6.45, 7) is 2.97. The third kappa shape index (κ3) is 5.33. The maximum Gasteiger partial charge on any atom is 0.415 e. The fraction of sp³-hybridized carbons (Fsp3) is 0.385. The van der Waals surface area contributed by atoms with Crippen LogP contribution in [0.5, 0.6) is 5.75 Å². The molecule has 10 heteroatoms. The number of nitrogens with two attached hydrogens (primary N) is 1. The summed E-state index contributed by atoms with van der Waals surface area (Å²) >= 11 is 0. The van der Waals surface area contributed by atoms with Crippen LogP contribution in [0.4, 0.5) is 10.6 Å². The van der Waals surface area contributed by atoms with Crippen LogP contribution >= 0.6 is 0 Å². The van der Waals surface area contributed by atoms with Crippen LogP contribution in [0.2, 0.25) is 0 Å². The van der Waals surface area contributed by atoms with E-state index in [-0.39, 0.29) is 17.8 Å². The molecule has 0 spiro atoms. The van der Waals surface area contributed by atoms with Gasteiger partial charge in [0.05, 0.1) is 17.8 Å². The van der Waals surface area contributed by atoms with Crippen LogP contribution in [0.15, 0.2) is 55.0 Å². The molecule has 188 valence electrons. The second-order valence-electron chi connectivity index (χ2n) is 9.49. The molecule has 0 bridgehead atoms. The number of carbonyl (C=O) groups is 2. The molecule has 5 rings (SSSR count). The minimum absolute atomic E-state index is 0.164. The van der Waals surface area contributed by atoms with Crippen molar-refractivity contribution >= 4 is 17.8 Å². The number of amides is 2. The SMILES string of the molecule is CN1CCC(n2cc(-c3cnc(N)c(C(=O)N[C@@H]4CCN(C(=O)Oc5ccccc5)C4)c3)cn2)CC1. The molecule has 1 aromatic carbocycles. The average molecular weight is 490 g/mol. The van der Waals surface area contributed by atoms with Crippen LogP contribution < -0.4 is 15.8 Å². The number of benzene rings is 1. The third-order valence-electron chi connectivity index (χ3n) is 6.89. The third-order valence-corrected chi connectivity index (χ3v) is 6.89. The number of carbonyl (C=O) groups excluding carboxylic acids is 2. The minimum Gasteiger partial charge on any atom is -0.410 e. The van der Waals surface area contributed by atoms with Crippen LogP contribution in [0.3, 0.4) is 0 Å². The Hall–Kier alpha value is -3.92. The highest BCUT2D eigenvalue weighted by atomic mass is 16.6. The van der Waals surface area contributed by atoms with Crippen LogP contribution in [0.1, 0.15) is 35.7 Å². The first-order chi connectivity index (χ1) is 17.5. The lowest BCUT2D eigenvalue weighted by Crippen LogP contribution is -2.39. The molecule has 0 radical (unpaired) electrons. The fourth-order valence-corrected chi connectivity index (χ4v) is 4.72. The summed E-state index contributed by atoms with van der Waals surface area (Å²) in [5, 5.41) is 7.56. The van der Waals surface area contributed by atoms with Crippen molar-refractivity contribution in [1.29, 1.82) is 0 Å². The molecule has 4 heterocycles. The number of aromatic nitrogens is 3. The Labute approximate surface area is 210 Å². The van der Waals surface area contributed by atoms with E-state index in [1.807, 2.05) is 29.1 Å². The zero-order valence-corrected chi connectivity index (χ0v) is 20.3. The highest BCUT2D eigenvalue weighted by molar-refractivity contribution is 5.99. The van der Waals surface area contributed by atoms with Gasteiger partial charge >= 0.3 is 6.09 Å². The fourth-order valence-electron chi connectivity index (χ4n) is 4.72. The second-order valence-corrected chi connectivity index (χ2v) is 9.49. The number of hydrogen-bond donors (Lipinski definition) is 2. The number of piperidine rings is 1. The van der Waals surface area contributed by atoms with Crippen molar-refractivity contribution in [3.8, 4) is 16.9 Å². The molecule has 2 amide bonds. The molecule has 1 atom stereocenters. The van der Waals surface area contributed by atoms with Gasteiger partial charge in [-0.15, -0.1) is 0 Å². The Morgan fingerprint density at radius 3 is 2.61 bits per heavy atom. The molecule has 2 aromatic heterocycles. The van der Waals surface area contributed by atoms with Gasteiger partial charge in [0.25, 0.3) is 5.91 Å². The van der Waals surface area contributed by atoms with Crippen molar-refractivity contribution in [1.82, 2.24) is 29.9 Å². The highest BCUT2D eigenvalue weighted by Gasteiger charge is 2.29. The molecule has 3 aromatic rings. The highest BCUT2D eigenvalue weighted by Crippen LogP contribution is 2.26. The van der Waals surface area contributed by atoms with Gasteiger partial charge in [0.1, 0.15) is 11.6 Å². The predicted octanol–water partition coefficient (Wildman–Crippen LogP) is 2.80. The quantitative estimate of drug-likeness (QED) is 0.566. The Morgan fingerprint density at radius 2 is 1.83 bits per heavy atom. The van der Waals surface area contributed by atoms with Gasteiger partial charge < -0.3 is 25.6 Å². The van der Waals surface area contributed by atoms with E-state index in [4.69, 9.17) is 10.5 Å². The second kappa shape index (κ2) is 10.4. The zero-order valence-electron chi connectivity index (χ0n) is 20.3. The van der Waals surface area contributed by atoms with Crippen molar-refractivity contribution in [3.63, 3.8) is 0 Å². The van der Waals surface area contributed by atoms with Gasteiger partial charge in [0, 0.05) is 42.7 Å². The number of nitrogens with one attached hydrogen (secondary N) is 1. The molecule has 3 N–H and O–H groups in total. The standard InChI is InChI=1S/C26H31N7O3/c1-31-10-8-21(9-11-31)33-16-19(15-29-33)18-13-23(24(27)28-14-18)25(34)30-20-7-12-32(17-20)26(35)36-22-5-3-2-4-6-22/h2-6,13-16,20-21H,7-12,17H2,1H3,(H2,27,28)(H,30,34)/t20-/m1/s1. The topological polar surface area (TPSA) is 119 Å². The largest absolute Gasteiger partial charge is 0.415 e. The number of pyridine rings is 1. The number of ether oxygens (including phenoxy) is 1. The molecule has 2 aliphatic rings. The Balaban J connectivity index is 1.21. The number of hydrogen-bond acceptors (Lipinski definition) is 7. The van der Waals surface area contributed by atoms with E-state index in [0.29, 0.717) is 36.9 Å². The van der Waals surface area contributed by atoms with Crippen molar-refractivity contribution in [3.05, 3.63) is 60.6 Å². The molecule has 0 unspecified atom stereocenters. The Bertz CT molecular complexity index is 1220. The van der Waals surface area contributed by atoms with E-state index in [1.165, 1.54) is 0 Å². The summed E-state index contributed by atoms with van der Waals surface area (Å²) in [6.07, 6.45) is 7.80. The number of nitrogen functional groups attached to an aromatic ring is 1. The van der Waals surface area contributed by atoms with Gasteiger partial charge in [-0.2, -0.15) is 5.10 Å². The molecule has 2 aliphatic heterocycles. The zero-order chi connectivity index (χ0) is 25.1. The van der Waals surface area contributed by atoms with Crippen molar-refractivity contribution in [2.75, 3.05) is 39.0 Å². The predicted molar refractivity (Wildman–Crippen MR) is 136 cm³/mol. The maximum absolute atomic E-state index is 13.1. The summed E-state index contributed by atoms with van der Waals surface area (Å²) < 4.78 is 7.42. The average Bonchev–Trinajstić information content (AvgIpc) is 3.56. The first-order valence-corrected chi connectivity index (χ1v) is 12.3. The molecule has 0 aliphatic carbocycles. The number of para-hydroxylation sites is 1. The molecule has 2 fully saturated rings. The summed E-state index contributed by atoms with van der Waals surface area (Å²) in [4.78, 5) is 33.7. The van der Waals surface area contributed by atoms with Crippen LogP contribution in [-0.4, -0.2) is 75.8 Å². The lowest BCUT2D eigenvalue weighted by molar-refractivity contribution is 0.0937. The normalized spacial score (nSPS) is 18.8. The van der Waals surface area contributed by atoms with Gasteiger partial charge in [0.2, 0.25) is 0 Å². The number of likely N-dealkylation sites (tertiary alicyclic amines) is 2. The van der Waals surface area contributed by atoms with Crippen LogP contribution in [0, 0.1) is 0 Å². The van der Waals surface area contributed by atoms with Gasteiger partial charge in [-0.3, -0.25) is 9.48 Å². The van der Waals surface area contributed by atoms with Gasteiger partial charge in [-0.05, 0) is 57.6 Å². The summed E-state index contributed by atoms with van der Waals surface area (Å²) in [5.41, 5.74) is 8.05. The molecule has 36 heavy (non-hydrogen) atoms. The van der Waals surface area contributed by atoms with E-state index in [1.54, 1.807) is 35.5 Å². The van der Waals surface area contributed by atoms with Gasteiger partial charge in [-0.1, -0.05) is 18.2 Å². The summed E-state index contributed by atoms with van der Waals surface area (Å²) in [7, 11) is 2.14. The van der Waals surface area contributed by atoms with E-state index in [0.717, 1.165) is 37.1 Å². The maximum atomic E-state index is 13.1. The van der Waals surface area contributed by atoms with Gasteiger partial charge in [0.15, 0.2) is 0 Å². The minimum atomic E-state index is -0.428. The first-order valence-electron chi connectivity index (χ1n) is 12.3. The van der Waals surface area contributed by atoms with E-state index in [9.17, 15) is 9.59 Å². The van der Waals surface area contributed by atoms with Gasteiger partial charge in [-0.25, -0.2) is 9.78 Å². The van der Waals surface area contributed by atoms with Crippen LogP contribution in [0.25, 0.3) is 11.1 Å². The Kier molecular flexibility index (Phi) is 6.86. The summed E-state index contributed by atoms with van der Waals surface area (Å²) in [5.74, 6) is 0.343. The number of rotatable bonds is 5. The van der Waals surface area contributed by atoms with Crippen molar-refractivity contribution in [2.45, 2.75) is 31.3 Å². The summed E-state index contributed by atoms with van der Waals surface area (Å²) in [6, 6.07) is 10.9. The lowest BCUT2D eigenvalue weighted by atomic mass is 10.1. The number of anilines is 1. The molecule has 2 saturated heterocycles. The molecule has 10 nitrogen and oxygen atoms in total. The van der Waals surface area contributed by atoms with Crippen molar-refractivity contribution < 1.29 is 14.3 Å². The van der Waals surface area contributed by atoms with Crippen LogP contribution in [-0.2, 0) is 0 Å². The van der Waals surface area contributed by atoms with E-state index < -0.39 is 6.09 Å². The monoisotopic (exact) mass is 489 g/mol. The van der Waals surface area contributed by atoms with E-state index in [2.05, 4.69) is 27.3 Å². The Morgan fingerprint density at radius 1 is 1.06 bits per heavy atom. The van der Waals surface area contributed by atoms with E-state index >= 15 is 0 Å². The molecular formula is C26H31N7O3. The van der Waals surface area contributed by atoms with Crippen molar-refractivity contribution in [2.24, 2.45) is 0 Å². The smallest absolute Gasteiger partial charge is 0.410 e. The molecular weight excluding hydrogens is 458 g/mol. The number of nitrogens with zero attached hydrogens (tertiary/aromatic N) is 5. The molecule has 0 saturated carbocycles. The first kappa shape index (κ1) is 23.8.